The van der Waals surface area contributed by atoms with Gasteiger partial charge in [0.1, 0.15) is 5.75 Å². The molecule has 0 spiro atoms. The summed E-state index contributed by atoms with van der Waals surface area (Å²) in [6.45, 7) is 2.74. The van der Waals surface area contributed by atoms with Crippen LogP contribution in [0, 0.1) is 0 Å². The summed E-state index contributed by atoms with van der Waals surface area (Å²) in [6, 6.07) is 13.0. The fourth-order valence-electron chi connectivity index (χ4n) is 2.83. The lowest BCUT2D eigenvalue weighted by Crippen LogP contribution is -2.30. The highest BCUT2D eigenvalue weighted by molar-refractivity contribution is 7.89. The molecule has 2 aromatic carbocycles. The maximum absolute atomic E-state index is 12.5. The monoisotopic (exact) mass is 408 g/mol. The predicted octanol–water partition coefficient (Wildman–Crippen LogP) is 3.53. The molecule has 144 valence electrons. The lowest BCUT2D eigenvalue weighted by atomic mass is 10.3. The van der Waals surface area contributed by atoms with Gasteiger partial charge in [0.15, 0.2) is 6.10 Å². The Morgan fingerprint density at radius 1 is 1.15 bits per heavy atom. The molecule has 0 aliphatic carbocycles. The number of halogens is 1. The smallest absolute Gasteiger partial charge is 0.265 e. The Labute approximate surface area is 164 Å². The SMILES string of the molecule is C[C@H](Oc1cccc(Cl)c1)C(=O)Nc1ccc(S(=O)(=O)N2CCCC2)cc1. The zero-order valence-corrected chi connectivity index (χ0v) is 16.5. The van der Waals surface area contributed by atoms with Crippen molar-refractivity contribution in [3.63, 3.8) is 0 Å². The molecular weight excluding hydrogens is 388 g/mol. The largest absolute Gasteiger partial charge is 0.481 e. The molecule has 0 saturated carbocycles. The number of nitrogens with zero attached hydrogens (tertiary/aromatic N) is 1. The van der Waals surface area contributed by atoms with Gasteiger partial charge in [-0.3, -0.25) is 4.79 Å². The molecule has 1 N–H and O–H groups in total. The number of benzene rings is 2. The molecule has 1 atom stereocenters. The Morgan fingerprint density at radius 2 is 1.81 bits per heavy atom. The minimum atomic E-state index is -3.46. The third kappa shape index (κ3) is 4.80. The van der Waals surface area contributed by atoms with E-state index >= 15 is 0 Å². The second-order valence-corrected chi connectivity index (χ2v) is 8.72. The number of sulfonamides is 1. The first-order chi connectivity index (χ1) is 12.9. The number of rotatable bonds is 6. The van der Waals surface area contributed by atoms with Crippen LogP contribution in [0.2, 0.25) is 5.02 Å². The number of nitrogens with one attached hydrogen (secondary N) is 1. The van der Waals surface area contributed by atoms with Gasteiger partial charge in [0, 0.05) is 23.8 Å². The van der Waals surface area contributed by atoms with Crippen molar-refractivity contribution in [1.29, 1.82) is 0 Å². The molecule has 8 heteroatoms. The number of hydrogen-bond acceptors (Lipinski definition) is 4. The van der Waals surface area contributed by atoms with Crippen LogP contribution in [0.4, 0.5) is 5.69 Å². The number of carbonyl (C=O) groups excluding carboxylic acids is 1. The number of amides is 1. The Kier molecular flexibility index (Phi) is 6.04. The average Bonchev–Trinajstić information content (AvgIpc) is 3.17. The molecule has 27 heavy (non-hydrogen) atoms. The molecule has 1 aliphatic heterocycles. The van der Waals surface area contributed by atoms with Crippen LogP contribution >= 0.6 is 11.6 Å². The normalized spacial score (nSPS) is 16.1. The lowest BCUT2D eigenvalue weighted by Gasteiger charge is -2.17. The first-order valence-corrected chi connectivity index (χ1v) is 10.5. The highest BCUT2D eigenvalue weighted by Crippen LogP contribution is 2.23. The molecule has 1 saturated heterocycles. The van der Waals surface area contributed by atoms with Crippen LogP contribution < -0.4 is 10.1 Å². The molecule has 3 rings (SSSR count). The molecular formula is C19H21ClN2O4S. The van der Waals surface area contributed by atoms with Gasteiger partial charge in [0.2, 0.25) is 10.0 Å². The van der Waals surface area contributed by atoms with Crippen molar-refractivity contribution in [2.75, 3.05) is 18.4 Å². The number of hydrogen-bond donors (Lipinski definition) is 1. The van der Waals surface area contributed by atoms with Crippen LogP contribution in [0.15, 0.2) is 53.4 Å². The Bertz CT molecular complexity index is 910. The molecule has 2 aromatic rings. The van der Waals surface area contributed by atoms with Crippen molar-refractivity contribution in [3.8, 4) is 5.75 Å². The van der Waals surface area contributed by atoms with Gasteiger partial charge in [0.25, 0.3) is 5.91 Å². The van der Waals surface area contributed by atoms with Crippen molar-refractivity contribution in [1.82, 2.24) is 4.31 Å². The molecule has 1 aliphatic rings. The molecule has 1 heterocycles. The van der Waals surface area contributed by atoms with Gasteiger partial charge in [-0.2, -0.15) is 4.31 Å². The fourth-order valence-corrected chi connectivity index (χ4v) is 4.53. The molecule has 0 radical (unpaired) electrons. The van der Waals surface area contributed by atoms with E-state index < -0.39 is 16.1 Å². The summed E-state index contributed by atoms with van der Waals surface area (Å²) in [6.07, 6.45) is 1.03. The maximum Gasteiger partial charge on any atom is 0.265 e. The van der Waals surface area contributed by atoms with Crippen LogP contribution in [-0.2, 0) is 14.8 Å². The van der Waals surface area contributed by atoms with Crippen molar-refractivity contribution < 1.29 is 17.9 Å². The highest BCUT2D eigenvalue weighted by atomic mass is 35.5. The van der Waals surface area contributed by atoms with Crippen molar-refractivity contribution >= 4 is 33.2 Å². The average molecular weight is 409 g/mol. The molecule has 0 bridgehead atoms. The van der Waals surface area contributed by atoms with Crippen molar-refractivity contribution in [2.24, 2.45) is 0 Å². The lowest BCUT2D eigenvalue weighted by molar-refractivity contribution is -0.122. The van der Waals surface area contributed by atoms with E-state index in [9.17, 15) is 13.2 Å². The second-order valence-electron chi connectivity index (χ2n) is 6.34. The summed E-state index contributed by atoms with van der Waals surface area (Å²) in [5.41, 5.74) is 0.502. The van der Waals surface area contributed by atoms with Crippen LogP contribution in [0.1, 0.15) is 19.8 Å². The molecule has 6 nitrogen and oxygen atoms in total. The summed E-state index contributed by atoms with van der Waals surface area (Å²) in [7, 11) is -3.46. The van der Waals surface area contributed by atoms with Gasteiger partial charge in [-0.25, -0.2) is 8.42 Å². The van der Waals surface area contributed by atoms with Crippen LogP contribution in [0.25, 0.3) is 0 Å². The van der Waals surface area contributed by atoms with Gasteiger partial charge in [-0.15, -0.1) is 0 Å². The van der Waals surface area contributed by atoms with E-state index in [2.05, 4.69) is 5.32 Å². The van der Waals surface area contributed by atoms with E-state index in [1.807, 2.05) is 0 Å². The van der Waals surface area contributed by atoms with Gasteiger partial charge in [0.05, 0.1) is 4.90 Å². The summed E-state index contributed by atoms with van der Waals surface area (Å²) in [5.74, 6) is 0.155. The zero-order chi connectivity index (χ0) is 19.4. The number of carbonyl (C=O) groups is 1. The summed E-state index contributed by atoms with van der Waals surface area (Å²) < 4.78 is 32.1. The van der Waals surface area contributed by atoms with Crippen LogP contribution in [-0.4, -0.2) is 37.8 Å². The van der Waals surface area contributed by atoms with Crippen LogP contribution in [0.3, 0.4) is 0 Å². The highest BCUT2D eigenvalue weighted by Gasteiger charge is 2.27. The van der Waals surface area contributed by atoms with E-state index in [1.54, 1.807) is 43.3 Å². The van der Waals surface area contributed by atoms with Gasteiger partial charge >= 0.3 is 0 Å². The summed E-state index contributed by atoms with van der Waals surface area (Å²) in [5, 5.41) is 3.24. The zero-order valence-electron chi connectivity index (χ0n) is 14.9. The molecule has 1 fully saturated rings. The van der Waals surface area contributed by atoms with E-state index in [0.717, 1.165) is 12.8 Å². The first kappa shape index (κ1) is 19.7. The number of anilines is 1. The predicted molar refractivity (Wildman–Crippen MR) is 105 cm³/mol. The minimum Gasteiger partial charge on any atom is -0.481 e. The fraction of sp³-hybridized carbons (Fsp3) is 0.316. The third-order valence-electron chi connectivity index (χ3n) is 4.30. The maximum atomic E-state index is 12.5. The van der Waals surface area contributed by atoms with E-state index in [-0.39, 0.29) is 10.8 Å². The van der Waals surface area contributed by atoms with Crippen molar-refractivity contribution in [3.05, 3.63) is 53.6 Å². The van der Waals surface area contributed by atoms with Gasteiger partial charge in [-0.05, 0) is 62.2 Å². The first-order valence-electron chi connectivity index (χ1n) is 8.69. The minimum absolute atomic E-state index is 0.227. The van der Waals surface area contributed by atoms with E-state index in [1.165, 1.54) is 16.4 Å². The Balaban J connectivity index is 1.62. The Hall–Kier alpha value is -2.09. The molecule has 1 amide bonds. The van der Waals surface area contributed by atoms with Crippen molar-refractivity contribution in [2.45, 2.75) is 30.8 Å². The summed E-state index contributed by atoms with van der Waals surface area (Å²) in [4.78, 5) is 12.5. The van der Waals surface area contributed by atoms with E-state index in [0.29, 0.717) is 29.5 Å². The summed E-state index contributed by atoms with van der Waals surface area (Å²) >= 11 is 5.90. The van der Waals surface area contributed by atoms with E-state index in [4.69, 9.17) is 16.3 Å². The standard InChI is InChI=1S/C19H21ClN2O4S/c1-14(26-17-6-4-5-15(20)13-17)19(23)21-16-7-9-18(10-8-16)27(24,25)22-11-2-3-12-22/h4-10,13-14H,2-3,11-12H2,1H3,(H,21,23)/t14-/m0/s1. The van der Waals surface area contributed by atoms with Gasteiger partial charge in [-0.1, -0.05) is 17.7 Å². The third-order valence-corrected chi connectivity index (χ3v) is 6.45. The molecule has 0 unspecified atom stereocenters. The topological polar surface area (TPSA) is 75.7 Å². The van der Waals surface area contributed by atoms with Gasteiger partial charge < -0.3 is 10.1 Å². The molecule has 0 aromatic heterocycles. The van der Waals surface area contributed by atoms with Crippen LogP contribution in [0.5, 0.6) is 5.75 Å². The second kappa shape index (κ2) is 8.29. The number of ether oxygens (including phenoxy) is 1. The Morgan fingerprint density at radius 3 is 2.44 bits per heavy atom. The quantitative estimate of drug-likeness (QED) is 0.793.